The van der Waals surface area contributed by atoms with E-state index in [0.717, 1.165) is 16.9 Å². The van der Waals surface area contributed by atoms with Gasteiger partial charge in [0, 0.05) is 19.1 Å². The van der Waals surface area contributed by atoms with Crippen LogP contribution in [0, 0.1) is 0 Å². The zero-order valence-corrected chi connectivity index (χ0v) is 12.1. The zero-order valence-electron chi connectivity index (χ0n) is 12.1. The van der Waals surface area contributed by atoms with E-state index in [0.29, 0.717) is 18.0 Å². The second kappa shape index (κ2) is 5.24. The third kappa shape index (κ3) is 2.29. The van der Waals surface area contributed by atoms with E-state index >= 15 is 0 Å². The number of hydrogen-bond acceptors (Lipinski definition) is 6. The minimum atomic E-state index is 0.494. The van der Waals surface area contributed by atoms with Gasteiger partial charge in [0.25, 0.3) is 0 Å². The summed E-state index contributed by atoms with van der Waals surface area (Å²) in [6, 6.07) is 0.988. The molecular weight excluding hydrogens is 254 g/mol. The van der Waals surface area contributed by atoms with Crippen LogP contribution in [0.3, 0.4) is 0 Å². The molecule has 2 atom stereocenters. The predicted octanol–water partition coefficient (Wildman–Crippen LogP) is 1.98. The number of piperidine rings is 1. The van der Waals surface area contributed by atoms with Crippen LogP contribution < -0.4 is 10.7 Å². The third-order valence-electron chi connectivity index (χ3n) is 3.96. The van der Waals surface area contributed by atoms with Crippen molar-refractivity contribution in [2.45, 2.75) is 45.2 Å². The number of H-pyrrole nitrogens is 1. The van der Waals surface area contributed by atoms with Crippen molar-refractivity contribution in [3.05, 3.63) is 6.20 Å². The normalized spacial score (nSPS) is 23.9. The van der Waals surface area contributed by atoms with Crippen molar-refractivity contribution < 1.29 is 0 Å². The van der Waals surface area contributed by atoms with Gasteiger partial charge in [0.2, 0.25) is 5.95 Å². The molecule has 3 N–H and O–H groups in total. The predicted molar refractivity (Wildman–Crippen MR) is 79.5 cm³/mol. The minimum absolute atomic E-state index is 0.494. The molecule has 0 radical (unpaired) electrons. The van der Waals surface area contributed by atoms with Gasteiger partial charge in [-0.2, -0.15) is 15.1 Å². The summed E-state index contributed by atoms with van der Waals surface area (Å²) in [7, 11) is 1.81. The van der Waals surface area contributed by atoms with E-state index in [9.17, 15) is 0 Å². The van der Waals surface area contributed by atoms with E-state index in [4.69, 9.17) is 0 Å². The molecule has 0 bridgehead atoms. The average molecular weight is 275 g/mol. The Bertz CT molecular complexity index is 583. The highest BCUT2D eigenvalue weighted by molar-refractivity contribution is 5.86. The van der Waals surface area contributed by atoms with Crippen LogP contribution in [0.2, 0.25) is 0 Å². The molecule has 7 nitrogen and oxygen atoms in total. The first-order valence-electron chi connectivity index (χ1n) is 7.13. The fourth-order valence-corrected chi connectivity index (χ4v) is 2.80. The summed E-state index contributed by atoms with van der Waals surface area (Å²) in [4.78, 5) is 8.87. The van der Waals surface area contributed by atoms with Crippen LogP contribution in [0.5, 0.6) is 0 Å². The lowest BCUT2D eigenvalue weighted by molar-refractivity contribution is 0.135. The van der Waals surface area contributed by atoms with Crippen molar-refractivity contribution in [2.75, 3.05) is 17.8 Å². The first kappa shape index (κ1) is 13.1. The van der Waals surface area contributed by atoms with E-state index in [1.165, 1.54) is 19.3 Å². The Morgan fingerprint density at radius 1 is 1.25 bits per heavy atom. The molecule has 0 spiro atoms. The summed E-state index contributed by atoms with van der Waals surface area (Å²) in [5, 5.41) is 13.1. The van der Waals surface area contributed by atoms with Crippen LogP contribution >= 0.6 is 0 Å². The molecule has 1 aliphatic heterocycles. The Kier molecular flexibility index (Phi) is 3.43. The maximum Gasteiger partial charge on any atom is 0.226 e. The molecule has 2 unspecified atom stereocenters. The van der Waals surface area contributed by atoms with Crippen molar-refractivity contribution in [1.82, 2.24) is 25.2 Å². The van der Waals surface area contributed by atoms with Crippen molar-refractivity contribution in [3.8, 4) is 0 Å². The number of fused-ring (bicyclic) bond motifs is 1. The summed E-state index contributed by atoms with van der Waals surface area (Å²) in [5.41, 5.74) is 4.21. The molecule has 0 aromatic carbocycles. The van der Waals surface area contributed by atoms with E-state index in [1.807, 2.05) is 7.05 Å². The van der Waals surface area contributed by atoms with Crippen molar-refractivity contribution >= 4 is 22.8 Å². The van der Waals surface area contributed by atoms with E-state index in [-0.39, 0.29) is 0 Å². The number of anilines is 2. The van der Waals surface area contributed by atoms with Crippen LogP contribution in [0.15, 0.2) is 6.20 Å². The fraction of sp³-hybridized carbons (Fsp3) is 0.615. The molecule has 0 aliphatic carbocycles. The Hall–Kier alpha value is -1.89. The summed E-state index contributed by atoms with van der Waals surface area (Å²) in [5.74, 6) is 1.38. The summed E-state index contributed by atoms with van der Waals surface area (Å²) >= 11 is 0. The van der Waals surface area contributed by atoms with E-state index in [1.54, 1.807) is 6.20 Å². The summed E-state index contributed by atoms with van der Waals surface area (Å²) < 4.78 is 0. The summed E-state index contributed by atoms with van der Waals surface area (Å²) in [6.07, 6.45) is 5.45. The Balaban J connectivity index is 1.94. The minimum Gasteiger partial charge on any atom is -0.357 e. The molecule has 3 heterocycles. The van der Waals surface area contributed by atoms with Gasteiger partial charge >= 0.3 is 0 Å². The largest absolute Gasteiger partial charge is 0.357 e. The molecular formula is C13H21N7. The van der Waals surface area contributed by atoms with Crippen LogP contribution in [0.4, 0.5) is 11.8 Å². The molecule has 0 saturated carbocycles. The molecule has 0 amide bonds. The standard InChI is InChI=1S/C13H21N7/c1-8-5-4-6-9(2)20(8)19-12-10-7-15-18-11(10)16-13(14-3)17-12/h7-9H,4-6H2,1-3H3,(H3,14,15,16,17,18,19). The topological polar surface area (TPSA) is 81.8 Å². The second-order valence-electron chi connectivity index (χ2n) is 5.43. The number of aromatic amines is 1. The molecule has 1 aliphatic rings. The second-order valence-corrected chi connectivity index (χ2v) is 5.43. The van der Waals surface area contributed by atoms with Gasteiger partial charge in [-0.25, -0.2) is 5.01 Å². The van der Waals surface area contributed by atoms with Gasteiger partial charge in [-0.05, 0) is 26.7 Å². The molecule has 2 aromatic heterocycles. The average Bonchev–Trinajstić information content (AvgIpc) is 2.91. The first-order valence-corrected chi connectivity index (χ1v) is 7.13. The van der Waals surface area contributed by atoms with Gasteiger partial charge in [0.1, 0.15) is 0 Å². The van der Waals surface area contributed by atoms with Gasteiger partial charge < -0.3 is 10.7 Å². The SMILES string of the molecule is CNc1nc(NN2C(C)CCCC2C)c2cn[nH]c2n1. The lowest BCUT2D eigenvalue weighted by Gasteiger charge is -2.39. The van der Waals surface area contributed by atoms with Crippen LogP contribution in [-0.2, 0) is 0 Å². The van der Waals surface area contributed by atoms with Gasteiger partial charge in [0.05, 0.1) is 11.6 Å². The van der Waals surface area contributed by atoms with Gasteiger partial charge in [-0.15, -0.1) is 0 Å². The molecule has 2 aromatic rings. The monoisotopic (exact) mass is 275 g/mol. The highest BCUT2D eigenvalue weighted by Crippen LogP contribution is 2.26. The Morgan fingerprint density at radius 2 is 2.00 bits per heavy atom. The highest BCUT2D eigenvalue weighted by Gasteiger charge is 2.25. The molecule has 1 saturated heterocycles. The lowest BCUT2D eigenvalue weighted by atomic mass is 10.00. The molecule has 3 rings (SSSR count). The lowest BCUT2D eigenvalue weighted by Crippen LogP contribution is -2.47. The van der Waals surface area contributed by atoms with Crippen molar-refractivity contribution in [1.29, 1.82) is 0 Å². The number of hydrogen-bond donors (Lipinski definition) is 3. The Labute approximate surface area is 118 Å². The highest BCUT2D eigenvalue weighted by atomic mass is 15.5. The van der Waals surface area contributed by atoms with Crippen LogP contribution in [0.1, 0.15) is 33.1 Å². The molecule has 20 heavy (non-hydrogen) atoms. The van der Waals surface area contributed by atoms with E-state index in [2.05, 4.69) is 49.8 Å². The van der Waals surface area contributed by atoms with Crippen LogP contribution in [-0.4, -0.2) is 44.3 Å². The number of nitrogens with zero attached hydrogens (tertiary/aromatic N) is 4. The Morgan fingerprint density at radius 3 is 2.70 bits per heavy atom. The van der Waals surface area contributed by atoms with Gasteiger partial charge in [-0.3, -0.25) is 5.10 Å². The summed E-state index contributed by atoms with van der Waals surface area (Å²) in [6.45, 7) is 4.49. The molecule has 7 heteroatoms. The maximum atomic E-state index is 4.52. The number of nitrogens with one attached hydrogen (secondary N) is 3. The number of aromatic nitrogens is 4. The quantitative estimate of drug-likeness (QED) is 0.794. The fourth-order valence-electron chi connectivity index (χ4n) is 2.80. The van der Waals surface area contributed by atoms with E-state index < -0.39 is 0 Å². The van der Waals surface area contributed by atoms with Crippen molar-refractivity contribution in [3.63, 3.8) is 0 Å². The molecule has 108 valence electrons. The van der Waals surface area contributed by atoms with Gasteiger partial charge in [-0.1, -0.05) is 6.42 Å². The first-order chi connectivity index (χ1) is 9.69. The smallest absolute Gasteiger partial charge is 0.226 e. The zero-order chi connectivity index (χ0) is 14.1. The number of hydrazine groups is 1. The maximum absolute atomic E-state index is 4.52. The molecule has 1 fully saturated rings. The van der Waals surface area contributed by atoms with Gasteiger partial charge in [0.15, 0.2) is 11.5 Å². The third-order valence-corrected chi connectivity index (χ3v) is 3.96. The van der Waals surface area contributed by atoms with Crippen molar-refractivity contribution in [2.24, 2.45) is 0 Å². The van der Waals surface area contributed by atoms with Crippen LogP contribution in [0.25, 0.3) is 11.0 Å². The number of rotatable bonds is 3.